The zero-order chi connectivity index (χ0) is 19.4. The van der Waals surface area contributed by atoms with Crippen molar-refractivity contribution in [1.82, 2.24) is 5.32 Å². The Hall–Kier alpha value is -2.92. The monoisotopic (exact) mass is 379 g/mol. The van der Waals surface area contributed by atoms with Crippen molar-refractivity contribution >= 4 is 32.6 Å². The van der Waals surface area contributed by atoms with Gasteiger partial charge >= 0.3 is 0 Å². The highest BCUT2D eigenvalue weighted by atomic mass is 32.2. The third-order valence-corrected chi connectivity index (χ3v) is 5.53. The van der Waals surface area contributed by atoms with Crippen molar-refractivity contribution in [3.05, 3.63) is 83.9 Å². The molecule has 4 nitrogen and oxygen atoms in total. The van der Waals surface area contributed by atoms with Gasteiger partial charge in [-0.3, -0.25) is 4.79 Å². The minimum Gasteiger partial charge on any atom is -0.346 e. The molecule has 0 saturated heterocycles. The second kappa shape index (κ2) is 7.76. The van der Waals surface area contributed by atoms with E-state index in [2.05, 4.69) is 5.32 Å². The molecule has 0 aliphatic carbocycles. The maximum Gasteiger partial charge on any atom is 0.244 e. The number of amides is 1. The fourth-order valence-electron chi connectivity index (χ4n) is 2.91. The van der Waals surface area contributed by atoms with E-state index in [9.17, 15) is 13.2 Å². The molecule has 0 bridgehead atoms. The zero-order valence-corrected chi connectivity index (χ0v) is 16.0. The maximum absolute atomic E-state index is 12.3. The molecular formula is C22H21NO3S. The molecule has 1 N–H and O–H groups in total. The van der Waals surface area contributed by atoms with E-state index in [1.807, 2.05) is 49.4 Å². The smallest absolute Gasteiger partial charge is 0.244 e. The Morgan fingerprint density at radius 3 is 2.33 bits per heavy atom. The first-order chi connectivity index (χ1) is 12.8. The van der Waals surface area contributed by atoms with Crippen LogP contribution in [0.15, 0.2) is 77.7 Å². The number of hydrogen-bond donors (Lipinski definition) is 1. The fraction of sp³-hybridized carbons (Fsp3) is 0.136. The van der Waals surface area contributed by atoms with Gasteiger partial charge in [0.1, 0.15) is 0 Å². The zero-order valence-electron chi connectivity index (χ0n) is 15.2. The Balaban J connectivity index is 1.70. The fourth-order valence-corrected chi connectivity index (χ4v) is 3.54. The first kappa shape index (κ1) is 18.9. The molecule has 1 amide bonds. The van der Waals surface area contributed by atoms with Gasteiger partial charge in [-0.2, -0.15) is 0 Å². The molecule has 1 atom stereocenters. The minimum atomic E-state index is -3.22. The topological polar surface area (TPSA) is 63.2 Å². The molecule has 138 valence electrons. The van der Waals surface area contributed by atoms with Gasteiger partial charge in [0.2, 0.25) is 5.91 Å². The van der Waals surface area contributed by atoms with Crippen molar-refractivity contribution in [1.29, 1.82) is 0 Å². The Kier molecular flexibility index (Phi) is 5.42. The van der Waals surface area contributed by atoms with Gasteiger partial charge in [-0.05, 0) is 47.0 Å². The van der Waals surface area contributed by atoms with E-state index in [1.165, 1.54) is 12.3 Å². The molecule has 0 heterocycles. The van der Waals surface area contributed by atoms with Crippen LogP contribution in [0.4, 0.5) is 0 Å². The molecule has 0 spiro atoms. The molecule has 1 unspecified atom stereocenters. The lowest BCUT2D eigenvalue weighted by molar-refractivity contribution is -0.117. The number of carbonyl (C=O) groups is 1. The Labute approximate surface area is 159 Å². The molecule has 3 rings (SSSR count). The second-order valence-corrected chi connectivity index (χ2v) is 8.49. The van der Waals surface area contributed by atoms with Gasteiger partial charge in [-0.1, -0.05) is 54.6 Å². The molecule has 3 aromatic carbocycles. The molecular weight excluding hydrogens is 358 g/mol. The van der Waals surface area contributed by atoms with Crippen LogP contribution in [0.2, 0.25) is 0 Å². The SMILES string of the molecule is CC(NC(=O)/C=C/c1cccc2ccccc12)c1ccc(S(C)(=O)=O)cc1. The summed E-state index contributed by atoms with van der Waals surface area (Å²) in [6.07, 6.45) is 4.49. The van der Waals surface area contributed by atoms with E-state index in [0.29, 0.717) is 0 Å². The normalized spacial score (nSPS) is 13.0. The van der Waals surface area contributed by atoms with E-state index in [-0.39, 0.29) is 16.8 Å². The summed E-state index contributed by atoms with van der Waals surface area (Å²) >= 11 is 0. The van der Waals surface area contributed by atoms with Gasteiger partial charge in [-0.15, -0.1) is 0 Å². The van der Waals surface area contributed by atoms with E-state index in [1.54, 1.807) is 30.3 Å². The molecule has 0 aromatic heterocycles. The Morgan fingerprint density at radius 2 is 1.63 bits per heavy atom. The minimum absolute atomic E-state index is 0.206. The van der Waals surface area contributed by atoms with Crippen LogP contribution in [0.25, 0.3) is 16.8 Å². The van der Waals surface area contributed by atoms with Crippen LogP contribution < -0.4 is 5.32 Å². The molecule has 27 heavy (non-hydrogen) atoms. The average molecular weight is 379 g/mol. The summed E-state index contributed by atoms with van der Waals surface area (Å²) in [5.74, 6) is -0.206. The van der Waals surface area contributed by atoms with Crippen LogP contribution in [0.1, 0.15) is 24.1 Å². The number of carbonyl (C=O) groups excluding carboxylic acids is 1. The molecule has 0 radical (unpaired) electrons. The molecule has 0 saturated carbocycles. The quantitative estimate of drug-likeness (QED) is 0.678. The van der Waals surface area contributed by atoms with Gasteiger partial charge in [0, 0.05) is 12.3 Å². The molecule has 0 fully saturated rings. The summed E-state index contributed by atoms with van der Waals surface area (Å²) in [4.78, 5) is 12.5. The highest BCUT2D eigenvalue weighted by molar-refractivity contribution is 7.90. The van der Waals surface area contributed by atoms with E-state index in [0.717, 1.165) is 21.9 Å². The average Bonchev–Trinajstić information content (AvgIpc) is 2.65. The third-order valence-electron chi connectivity index (χ3n) is 4.40. The van der Waals surface area contributed by atoms with Crippen LogP contribution in [-0.4, -0.2) is 20.6 Å². The summed E-state index contributed by atoms with van der Waals surface area (Å²) in [6, 6.07) is 20.3. The second-order valence-electron chi connectivity index (χ2n) is 6.47. The number of nitrogens with one attached hydrogen (secondary N) is 1. The maximum atomic E-state index is 12.3. The van der Waals surface area contributed by atoms with E-state index < -0.39 is 9.84 Å². The summed E-state index contributed by atoms with van der Waals surface area (Å²) in [7, 11) is -3.22. The lowest BCUT2D eigenvalue weighted by atomic mass is 10.0. The van der Waals surface area contributed by atoms with Gasteiger partial charge < -0.3 is 5.32 Å². The van der Waals surface area contributed by atoms with Crippen LogP contribution >= 0.6 is 0 Å². The first-order valence-electron chi connectivity index (χ1n) is 8.61. The van der Waals surface area contributed by atoms with Crippen molar-refractivity contribution in [2.75, 3.05) is 6.26 Å². The summed E-state index contributed by atoms with van der Waals surface area (Å²) in [5, 5.41) is 5.11. The highest BCUT2D eigenvalue weighted by Gasteiger charge is 2.10. The van der Waals surface area contributed by atoms with Gasteiger partial charge in [-0.25, -0.2) is 8.42 Å². The lowest BCUT2D eigenvalue weighted by Gasteiger charge is -2.13. The van der Waals surface area contributed by atoms with E-state index >= 15 is 0 Å². The van der Waals surface area contributed by atoms with Gasteiger partial charge in [0.25, 0.3) is 0 Å². The van der Waals surface area contributed by atoms with Crippen LogP contribution in [0.5, 0.6) is 0 Å². The van der Waals surface area contributed by atoms with Crippen LogP contribution in [0.3, 0.4) is 0 Å². The van der Waals surface area contributed by atoms with Crippen molar-refractivity contribution in [3.8, 4) is 0 Å². The van der Waals surface area contributed by atoms with Crippen molar-refractivity contribution in [3.63, 3.8) is 0 Å². The van der Waals surface area contributed by atoms with Crippen molar-refractivity contribution in [2.24, 2.45) is 0 Å². The Bertz CT molecular complexity index is 1090. The number of sulfone groups is 1. The molecule has 0 aliphatic heterocycles. The first-order valence-corrected chi connectivity index (χ1v) is 10.5. The lowest BCUT2D eigenvalue weighted by Crippen LogP contribution is -2.24. The molecule has 3 aromatic rings. The number of fused-ring (bicyclic) bond motifs is 1. The molecule has 5 heteroatoms. The van der Waals surface area contributed by atoms with Crippen LogP contribution in [0, 0.1) is 0 Å². The van der Waals surface area contributed by atoms with Crippen molar-refractivity contribution < 1.29 is 13.2 Å². The summed E-state index contributed by atoms with van der Waals surface area (Å²) in [6.45, 7) is 1.86. The predicted octanol–water partition coefficient (Wildman–Crippen LogP) is 4.13. The highest BCUT2D eigenvalue weighted by Crippen LogP contribution is 2.20. The van der Waals surface area contributed by atoms with Crippen molar-refractivity contribution in [2.45, 2.75) is 17.9 Å². The summed E-state index contributed by atoms with van der Waals surface area (Å²) < 4.78 is 23.1. The molecule has 0 aliphatic rings. The number of hydrogen-bond acceptors (Lipinski definition) is 3. The standard InChI is InChI=1S/C22H21NO3S/c1-16(17-10-13-20(14-11-17)27(2,25)26)23-22(24)15-12-19-8-5-7-18-6-3-4-9-21(18)19/h3-16H,1-2H3,(H,23,24)/b15-12+. The number of rotatable bonds is 5. The number of benzene rings is 3. The van der Waals surface area contributed by atoms with E-state index in [4.69, 9.17) is 0 Å². The van der Waals surface area contributed by atoms with Crippen LogP contribution in [-0.2, 0) is 14.6 Å². The third kappa shape index (κ3) is 4.63. The Morgan fingerprint density at radius 1 is 0.963 bits per heavy atom. The summed E-state index contributed by atoms with van der Waals surface area (Å²) in [5.41, 5.74) is 1.82. The largest absolute Gasteiger partial charge is 0.346 e. The predicted molar refractivity (Wildman–Crippen MR) is 109 cm³/mol. The van der Waals surface area contributed by atoms with Gasteiger partial charge in [0.05, 0.1) is 10.9 Å². The van der Waals surface area contributed by atoms with Gasteiger partial charge in [0.15, 0.2) is 9.84 Å².